The molecule has 2 N–H and O–H groups in total. The molecule has 0 aromatic heterocycles. The van der Waals surface area contributed by atoms with Gasteiger partial charge >= 0.3 is 0 Å². The second kappa shape index (κ2) is 7.67. The molecule has 0 aromatic rings. The second-order valence-corrected chi connectivity index (χ2v) is 4.93. The Morgan fingerprint density at radius 1 is 1.18 bits per heavy atom. The Morgan fingerprint density at radius 3 is 2.35 bits per heavy atom. The molecule has 1 aliphatic carbocycles. The van der Waals surface area contributed by atoms with Crippen molar-refractivity contribution in [1.29, 1.82) is 0 Å². The zero-order valence-electron chi connectivity index (χ0n) is 11.5. The van der Waals surface area contributed by atoms with Gasteiger partial charge < -0.3 is 10.6 Å². The first-order chi connectivity index (χ1) is 8.17. The fourth-order valence-electron chi connectivity index (χ4n) is 2.62. The largest absolute Gasteiger partial charge is 0.355 e. The Balaban J connectivity index is 2.25. The minimum Gasteiger partial charge on any atom is -0.355 e. The van der Waals surface area contributed by atoms with Crippen LogP contribution in [-0.4, -0.2) is 49.6 Å². The maximum Gasteiger partial charge on any atom is 0.234 e. The van der Waals surface area contributed by atoms with Crippen molar-refractivity contribution in [2.24, 2.45) is 0 Å². The zero-order valence-corrected chi connectivity index (χ0v) is 11.5. The van der Waals surface area contributed by atoms with Crippen molar-refractivity contribution in [2.45, 2.75) is 51.6 Å². The summed E-state index contributed by atoms with van der Waals surface area (Å²) in [5.74, 6) is 0.142. The summed E-state index contributed by atoms with van der Waals surface area (Å²) < 4.78 is 0. The summed E-state index contributed by atoms with van der Waals surface area (Å²) in [5.41, 5.74) is 0. The lowest BCUT2D eigenvalue weighted by Gasteiger charge is -2.34. The van der Waals surface area contributed by atoms with Gasteiger partial charge in [-0.05, 0) is 46.2 Å². The molecule has 0 atom stereocenters. The minimum atomic E-state index is 0.142. The molecule has 0 aliphatic heterocycles. The van der Waals surface area contributed by atoms with Crippen molar-refractivity contribution >= 4 is 5.91 Å². The first-order valence-corrected chi connectivity index (χ1v) is 6.87. The van der Waals surface area contributed by atoms with E-state index in [1.807, 2.05) is 6.92 Å². The van der Waals surface area contributed by atoms with Crippen LogP contribution < -0.4 is 10.6 Å². The highest BCUT2D eigenvalue weighted by Crippen LogP contribution is 2.22. The maximum atomic E-state index is 11.5. The summed E-state index contributed by atoms with van der Waals surface area (Å²) in [6, 6.07) is 1.27. The van der Waals surface area contributed by atoms with Gasteiger partial charge in [-0.15, -0.1) is 0 Å². The first-order valence-electron chi connectivity index (χ1n) is 6.87. The molecule has 0 saturated heterocycles. The fourth-order valence-corrected chi connectivity index (χ4v) is 2.62. The predicted molar refractivity (Wildman–Crippen MR) is 71.0 cm³/mol. The SMILES string of the molecule is CCNC(=O)CN(C)C1CCC(NCC)CC1. The lowest BCUT2D eigenvalue weighted by molar-refractivity contribution is -0.122. The van der Waals surface area contributed by atoms with Crippen LogP contribution in [0, 0.1) is 0 Å². The molecule has 0 spiro atoms. The predicted octanol–water partition coefficient (Wildman–Crippen LogP) is 0.975. The van der Waals surface area contributed by atoms with E-state index in [0.717, 1.165) is 13.1 Å². The molecule has 0 unspecified atom stereocenters. The van der Waals surface area contributed by atoms with Gasteiger partial charge in [-0.1, -0.05) is 6.92 Å². The maximum absolute atomic E-state index is 11.5. The average Bonchev–Trinajstić information content (AvgIpc) is 2.30. The topological polar surface area (TPSA) is 44.4 Å². The Kier molecular flexibility index (Phi) is 6.52. The quantitative estimate of drug-likeness (QED) is 0.728. The molecule has 4 heteroatoms. The van der Waals surface area contributed by atoms with Crippen molar-refractivity contribution in [1.82, 2.24) is 15.5 Å². The number of rotatable bonds is 6. The summed E-state index contributed by atoms with van der Waals surface area (Å²) in [5, 5.41) is 6.36. The van der Waals surface area contributed by atoms with Gasteiger partial charge in [-0.25, -0.2) is 0 Å². The van der Waals surface area contributed by atoms with Crippen LogP contribution in [0.15, 0.2) is 0 Å². The van der Waals surface area contributed by atoms with Crippen molar-refractivity contribution < 1.29 is 4.79 Å². The first kappa shape index (κ1) is 14.5. The normalized spacial score (nSPS) is 24.9. The molecule has 0 heterocycles. The fraction of sp³-hybridized carbons (Fsp3) is 0.923. The lowest BCUT2D eigenvalue weighted by atomic mass is 9.90. The number of carbonyl (C=O) groups excluding carboxylic acids is 1. The van der Waals surface area contributed by atoms with E-state index in [1.54, 1.807) is 0 Å². The van der Waals surface area contributed by atoms with E-state index < -0.39 is 0 Å². The molecule has 0 bridgehead atoms. The van der Waals surface area contributed by atoms with Crippen LogP contribution in [0.25, 0.3) is 0 Å². The van der Waals surface area contributed by atoms with Crippen LogP contribution in [0.2, 0.25) is 0 Å². The Hall–Kier alpha value is -0.610. The van der Waals surface area contributed by atoms with Crippen molar-refractivity contribution in [3.63, 3.8) is 0 Å². The molecule has 1 amide bonds. The van der Waals surface area contributed by atoms with Gasteiger partial charge in [-0.2, -0.15) is 0 Å². The van der Waals surface area contributed by atoms with Crippen LogP contribution >= 0.6 is 0 Å². The van der Waals surface area contributed by atoms with Gasteiger partial charge in [0.1, 0.15) is 0 Å². The Labute approximate surface area is 105 Å². The third kappa shape index (κ3) is 5.04. The molecule has 0 radical (unpaired) electrons. The van der Waals surface area contributed by atoms with E-state index in [-0.39, 0.29) is 5.91 Å². The number of amides is 1. The molecular weight excluding hydrogens is 214 g/mol. The van der Waals surface area contributed by atoms with Crippen LogP contribution in [0.3, 0.4) is 0 Å². The molecule has 1 saturated carbocycles. The number of hydrogen-bond donors (Lipinski definition) is 2. The van der Waals surface area contributed by atoms with E-state index >= 15 is 0 Å². The van der Waals surface area contributed by atoms with E-state index in [2.05, 4.69) is 29.5 Å². The molecule has 17 heavy (non-hydrogen) atoms. The van der Waals surface area contributed by atoms with E-state index in [0.29, 0.717) is 18.6 Å². The van der Waals surface area contributed by atoms with E-state index in [1.165, 1.54) is 25.7 Å². The number of hydrogen-bond acceptors (Lipinski definition) is 3. The molecular formula is C13H27N3O. The summed E-state index contributed by atoms with van der Waals surface area (Å²) in [4.78, 5) is 13.7. The molecule has 4 nitrogen and oxygen atoms in total. The Morgan fingerprint density at radius 2 is 1.82 bits per heavy atom. The number of likely N-dealkylation sites (N-methyl/N-ethyl adjacent to an activating group) is 2. The van der Waals surface area contributed by atoms with E-state index in [9.17, 15) is 4.79 Å². The molecule has 100 valence electrons. The summed E-state index contributed by atoms with van der Waals surface area (Å²) in [6.45, 7) is 6.43. The molecule has 0 aromatic carbocycles. The van der Waals surface area contributed by atoms with Crippen LogP contribution in [0.1, 0.15) is 39.5 Å². The third-order valence-electron chi connectivity index (χ3n) is 3.58. The summed E-state index contributed by atoms with van der Waals surface area (Å²) in [7, 11) is 2.06. The smallest absolute Gasteiger partial charge is 0.234 e. The van der Waals surface area contributed by atoms with E-state index in [4.69, 9.17) is 0 Å². The second-order valence-electron chi connectivity index (χ2n) is 4.93. The van der Waals surface area contributed by atoms with Crippen molar-refractivity contribution in [2.75, 3.05) is 26.7 Å². The van der Waals surface area contributed by atoms with Gasteiger partial charge in [0.25, 0.3) is 0 Å². The molecule has 1 fully saturated rings. The van der Waals surface area contributed by atoms with Crippen LogP contribution in [0.5, 0.6) is 0 Å². The summed E-state index contributed by atoms with van der Waals surface area (Å²) >= 11 is 0. The molecule has 1 rings (SSSR count). The third-order valence-corrected chi connectivity index (χ3v) is 3.58. The Bertz CT molecular complexity index is 225. The van der Waals surface area contributed by atoms with Gasteiger partial charge in [0.05, 0.1) is 6.54 Å². The number of nitrogens with zero attached hydrogens (tertiary/aromatic N) is 1. The standard InChI is InChI=1S/C13H27N3O/c1-4-14-11-6-8-12(9-7-11)16(3)10-13(17)15-5-2/h11-12,14H,4-10H2,1-3H3,(H,15,17). The highest BCUT2D eigenvalue weighted by atomic mass is 16.2. The van der Waals surface area contributed by atoms with Gasteiger partial charge in [0.15, 0.2) is 0 Å². The monoisotopic (exact) mass is 241 g/mol. The minimum absolute atomic E-state index is 0.142. The number of carbonyl (C=O) groups is 1. The average molecular weight is 241 g/mol. The molecule has 1 aliphatic rings. The highest BCUT2D eigenvalue weighted by molar-refractivity contribution is 5.77. The van der Waals surface area contributed by atoms with Crippen LogP contribution in [0.4, 0.5) is 0 Å². The zero-order chi connectivity index (χ0) is 12.7. The number of nitrogens with one attached hydrogen (secondary N) is 2. The van der Waals surface area contributed by atoms with Gasteiger partial charge in [-0.3, -0.25) is 9.69 Å². The van der Waals surface area contributed by atoms with Crippen molar-refractivity contribution in [3.05, 3.63) is 0 Å². The highest BCUT2D eigenvalue weighted by Gasteiger charge is 2.24. The van der Waals surface area contributed by atoms with Crippen molar-refractivity contribution in [3.8, 4) is 0 Å². The summed E-state index contributed by atoms with van der Waals surface area (Å²) in [6.07, 6.45) is 4.87. The lowest BCUT2D eigenvalue weighted by Crippen LogP contribution is -2.44. The van der Waals surface area contributed by atoms with Gasteiger partial charge in [0.2, 0.25) is 5.91 Å². The van der Waals surface area contributed by atoms with Crippen LogP contribution in [-0.2, 0) is 4.79 Å². The van der Waals surface area contributed by atoms with Gasteiger partial charge in [0, 0.05) is 18.6 Å².